The number of nitrogens with one attached hydrogen (secondary N) is 3. The number of para-hydroxylation sites is 1. The number of fused-ring (bicyclic) bond motifs is 1. The van der Waals surface area contributed by atoms with Gasteiger partial charge in [-0.25, -0.2) is 0 Å². The van der Waals surface area contributed by atoms with Crippen molar-refractivity contribution in [3.63, 3.8) is 0 Å². The molecule has 2 aliphatic rings. The van der Waals surface area contributed by atoms with Crippen molar-refractivity contribution in [1.29, 1.82) is 0 Å². The maximum absolute atomic E-state index is 12.6. The van der Waals surface area contributed by atoms with E-state index in [0.29, 0.717) is 13.3 Å². The lowest BCUT2D eigenvalue weighted by Crippen LogP contribution is -3.28. The average Bonchev–Trinajstić information content (AvgIpc) is 3.23. The smallest absolute Gasteiger partial charge is 0.275 e. The minimum absolute atomic E-state index is 0.0778. The third-order valence-corrected chi connectivity index (χ3v) is 5.95. The predicted molar refractivity (Wildman–Crippen MR) is 112 cm³/mol. The van der Waals surface area contributed by atoms with Crippen molar-refractivity contribution in [2.45, 2.75) is 19.5 Å². The van der Waals surface area contributed by atoms with Crippen LogP contribution < -0.4 is 29.3 Å². The van der Waals surface area contributed by atoms with Crippen molar-refractivity contribution in [2.75, 3.05) is 46.6 Å². The summed E-state index contributed by atoms with van der Waals surface area (Å²) in [6.45, 7) is 7.90. The number of benzene rings is 2. The third-order valence-electron chi connectivity index (χ3n) is 5.95. The molecule has 1 atom stereocenters. The molecule has 0 radical (unpaired) electrons. The molecule has 0 aromatic heterocycles. The molecule has 2 aromatic carbocycles. The Bertz CT molecular complexity index is 881. The lowest BCUT2D eigenvalue weighted by molar-refractivity contribution is -1.02. The van der Waals surface area contributed by atoms with E-state index in [4.69, 9.17) is 14.2 Å². The molecule has 2 aliphatic heterocycles. The molecule has 1 amide bonds. The fraction of sp³-hybridized carbons (Fsp3) is 0.435. The Kier molecular flexibility index (Phi) is 6.40. The molecule has 0 aliphatic carbocycles. The second-order valence-corrected chi connectivity index (χ2v) is 8.07. The number of rotatable bonds is 7. The van der Waals surface area contributed by atoms with Gasteiger partial charge < -0.3 is 29.3 Å². The Hall–Kier alpha value is -2.77. The Morgan fingerprint density at radius 2 is 1.80 bits per heavy atom. The molecule has 3 N–H and O–H groups in total. The third kappa shape index (κ3) is 4.86. The minimum atomic E-state index is -0.0778. The van der Waals surface area contributed by atoms with Crippen LogP contribution in [0.4, 0.5) is 0 Å². The van der Waals surface area contributed by atoms with Crippen LogP contribution in [-0.2, 0) is 11.3 Å². The summed E-state index contributed by atoms with van der Waals surface area (Å²) in [5.41, 5.74) is 2.27. The van der Waals surface area contributed by atoms with Crippen LogP contribution in [0.3, 0.4) is 0 Å². The average molecular weight is 414 g/mol. The van der Waals surface area contributed by atoms with Crippen LogP contribution in [0.2, 0.25) is 0 Å². The van der Waals surface area contributed by atoms with Gasteiger partial charge in [0.1, 0.15) is 38.5 Å². The zero-order chi connectivity index (χ0) is 20.9. The van der Waals surface area contributed by atoms with Gasteiger partial charge in [-0.1, -0.05) is 18.2 Å². The summed E-state index contributed by atoms with van der Waals surface area (Å²) in [7, 11) is 1.66. The van der Waals surface area contributed by atoms with E-state index in [1.807, 2.05) is 37.3 Å². The van der Waals surface area contributed by atoms with Crippen molar-refractivity contribution in [1.82, 2.24) is 5.32 Å². The topological polar surface area (TPSA) is 65.7 Å². The van der Waals surface area contributed by atoms with E-state index < -0.39 is 0 Å². The summed E-state index contributed by atoms with van der Waals surface area (Å²) in [6.07, 6.45) is 0. The molecule has 0 bridgehead atoms. The molecule has 7 nitrogen and oxygen atoms in total. The number of quaternary nitrogens is 2. The summed E-state index contributed by atoms with van der Waals surface area (Å²) in [6, 6.07) is 13.9. The summed E-state index contributed by atoms with van der Waals surface area (Å²) in [5.74, 6) is 2.56. The first-order valence-electron chi connectivity index (χ1n) is 10.6. The second-order valence-electron chi connectivity index (χ2n) is 8.07. The number of ether oxygens (including phenoxy) is 3. The van der Waals surface area contributed by atoms with E-state index in [9.17, 15) is 4.79 Å². The molecule has 2 aromatic rings. The molecular formula is C23H31N3O4+2. The summed E-state index contributed by atoms with van der Waals surface area (Å²) >= 11 is 0. The van der Waals surface area contributed by atoms with Crippen molar-refractivity contribution in [3.05, 3.63) is 53.6 Å². The van der Waals surface area contributed by atoms with Gasteiger partial charge in [0, 0.05) is 11.1 Å². The molecule has 0 saturated carbocycles. The standard InChI is InChI=1S/C23H29N3O4/c1-17(19-5-3-4-6-20(19)28-2)24-23(27)15-26-11-9-25(10-12-26)14-18-7-8-21-22(13-18)30-16-29-21/h3-8,13,17H,9-12,14-16H2,1-2H3,(H,24,27)/p+2/t17-/m0/s1. The summed E-state index contributed by atoms with van der Waals surface area (Å²) in [4.78, 5) is 15.5. The first-order chi connectivity index (χ1) is 14.6. The normalized spacial score (nSPS) is 21.1. The maximum atomic E-state index is 12.6. The van der Waals surface area contributed by atoms with Crippen LogP contribution in [0, 0.1) is 0 Å². The molecule has 30 heavy (non-hydrogen) atoms. The minimum Gasteiger partial charge on any atom is -0.496 e. The van der Waals surface area contributed by atoms with Crippen LogP contribution >= 0.6 is 0 Å². The monoisotopic (exact) mass is 413 g/mol. The molecule has 0 spiro atoms. The predicted octanol–water partition coefficient (Wildman–Crippen LogP) is -0.415. The molecule has 4 rings (SSSR count). The van der Waals surface area contributed by atoms with Crippen molar-refractivity contribution in [3.8, 4) is 17.2 Å². The van der Waals surface area contributed by atoms with Crippen molar-refractivity contribution in [2.24, 2.45) is 0 Å². The van der Waals surface area contributed by atoms with Crippen LogP contribution in [0.15, 0.2) is 42.5 Å². The molecule has 7 heteroatoms. The van der Waals surface area contributed by atoms with E-state index in [1.165, 1.54) is 10.5 Å². The van der Waals surface area contributed by atoms with E-state index in [-0.39, 0.29) is 11.9 Å². The van der Waals surface area contributed by atoms with Crippen LogP contribution in [0.25, 0.3) is 0 Å². The number of hydrogen-bond acceptors (Lipinski definition) is 4. The zero-order valence-electron chi connectivity index (χ0n) is 17.7. The Balaban J connectivity index is 1.23. The molecule has 1 fully saturated rings. The first-order valence-corrected chi connectivity index (χ1v) is 10.6. The van der Waals surface area contributed by atoms with Gasteiger partial charge in [-0.2, -0.15) is 0 Å². The molecular weight excluding hydrogens is 382 g/mol. The number of piperazine rings is 1. The SMILES string of the molecule is COc1ccccc1[C@H](C)NC(=O)C[NH+]1CC[NH+](Cc2ccc3c(c2)OCO3)CC1. The van der Waals surface area contributed by atoms with Crippen LogP contribution in [0.5, 0.6) is 17.2 Å². The maximum Gasteiger partial charge on any atom is 0.275 e. The fourth-order valence-corrected chi connectivity index (χ4v) is 4.27. The van der Waals surface area contributed by atoms with E-state index >= 15 is 0 Å². The highest BCUT2D eigenvalue weighted by molar-refractivity contribution is 5.77. The molecule has 2 heterocycles. The van der Waals surface area contributed by atoms with Gasteiger partial charge in [-0.05, 0) is 31.2 Å². The molecule has 1 saturated heterocycles. The number of carbonyl (C=O) groups excluding carboxylic acids is 1. The van der Waals surface area contributed by atoms with Gasteiger partial charge in [-0.3, -0.25) is 4.79 Å². The van der Waals surface area contributed by atoms with Gasteiger partial charge in [0.2, 0.25) is 6.79 Å². The van der Waals surface area contributed by atoms with Gasteiger partial charge in [0.05, 0.1) is 13.2 Å². The van der Waals surface area contributed by atoms with Gasteiger partial charge in [0.15, 0.2) is 18.0 Å². The van der Waals surface area contributed by atoms with Crippen LogP contribution in [-0.4, -0.2) is 52.5 Å². The van der Waals surface area contributed by atoms with Gasteiger partial charge >= 0.3 is 0 Å². The Labute approximate surface area is 177 Å². The lowest BCUT2D eigenvalue weighted by Gasteiger charge is -2.29. The highest BCUT2D eigenvalue weighted by atomic mass is 16.7. The Morgan fingerprint density at radius 1 is 1.07 bits per heavy atom. The molecule has 0 unspecified atom stereocenters. The van der Waals surface area contributed by atoms with E-state index in [2.05, 4.69) is 17.4 Å². The van der Waals surface area contributed by atoms with Gasteiger partial charge in [0.25, 0.3) is 5.91 Å². The fourth-order valence-electron chi connectivity index (χ4n) is 4.27. The van der Waals surface area contributed by atoms with E-state index in [1.54, 1.807) is 12.0 Å². The highest BCUT2D eigenvalue weighted by Gasteiger charge is 2.26. The Morgan fingerprint density at radius 3 is 2.60 bits per heavy atom. The highest BCUT2D eigenvalue weighted by Crippen LogP contribution is 2.32. The van der Waals surface area contributed by atoms with Gasteiger partial charge in [-0.15, -0.1) is 0 Å². The van der Waals surface area contributed by atoms with Crippen LogP contribution in [0.1, 0.15) is 24.1 Å². The lowest BCUT2D eigenvalue weighted by atomic mass is 10.1. The zero-order valence-corrected chi connectivity index (χ0v) is 17.7. The number of methoxy groups -OCH3 is 1. The quantitative estimate of drug-likeness (QED) is 0.577. The van der Waals surface area contributed by atoms with Crippen molar-refractivity contribution >= 4 is 5.91 Å². The summed E-state index contributed by atoms with van der Waals surface area (Å²) < 4.78 is 16.3. The number of amides is 1. The second kappa shape index (κ2) is 9.36. The largest absolute Gasteiger partial charge is 0.496 e. The summed E-state index contributed by atoms with van der Waals surface area (Å²) in [5, 5.41) is 3.12. The first kappa shape index (κ1) is 20.5. The van der Waals surface area contributed by atoms with Crippen molar-refractivity contribution < 1.29 is 28.8 Å². The number of hydrogen-bond donors (Lipinski definition) is 3. The molecule has 160 valence electrons. The number of carbonyl (C=O) groups is 1. The van der Waals surface area contributed by atoms with E-state index in [0.717, 1.165) is 55.5 Å².